The Bertz CT molecular complexity index is 1850. The summed E-state index contributed by atoms with van der Waals surface area (Å²) >= 11 is 0. The molecule has 0 spiro atoms. The van der Waals surface area contributed by atoms with Crippen LogP contribution in [0.15, 0.2) is 114 Å². The summed E-state index contributed by atoms with van der Waals surface area (Å²) in [6.07, 6.45) is 6.27. The molecular weight excluding hydrogens is 640 g/mol. The molecule has 4 aromatic rings. The lowest BCUT2D eigenvalue weighted by Crippen LogP contribution is -2.12. The van der Waals surface area contributed by atoms with E-state index in [9.17, 15) is 19.2 Å². The van der Waals surface area contributed by atoms with Crippen molar-refractivity contribution in [3.63, 3.8) is 0 Å². The van der Waals surface area contributed by atoms with Gasteiger partial charge in [-0.3, -0.25) is 0 Å². The number of methoxy groups -OCH3 is 1. The monoisotopic (exact) mass is 676 g/mol. The number of aryl methyl sites for hydroxylation is 1. The lowest BCUT2D eigenvalue weighted by Gasteiger charge is -2.10. The topological polar surface area (TPSA) is 139 Å². The van der Waals surface area contributed by atoms with Gasteiger partial charge >= 0.3 is 23.9 Å². The average molecular weight is 677 g/mol. The third-order valence-corrected chi connectivity index (χ3v) is 7.09. The van der Waals surface area contributed by atoms with Gasteiger partial charge in [-0.2, -0.15) is 10.2 Å². The van der Waals surface area contributed by atoms with Crippen molar-refractivity contribution in [3.8, 4) is 17.2 Å². The van der Waals surface area contributed by atoms with Gasteiger partial charge in [0.05, 0.1) is 43.9 Å². The van der Waals surface area contributed by atoms with Crippen LogP contribution >= 0.6 is 0 Å². The summed E-state index contributed by atoms with van der Waals surface area (Å²) in [5, 5.41) is 8.09. The van der Waals surface area contributed by atoms with Crippen LogP contribution in [0.5, 0.6) is 17.2 Å². The van der Waals surface area contributed by atoms with Gasteiger partial charge in [0.25, 0.3) is 0 Å². The molecule has 50 heavy (non-hydrogen) atoms. The van der Waals surface area contributed by atoms with E-state index in [0.29, 0.717) is 59.8 Å². The van der Waals surface area contributed by atoms with E-state index in [1.165, 1.54) is 31.7 Å². The quantitative estimate of drug-likeness (QED) is 0.0313. The van der Waals surface area contributed by atoms with Crippen molar-refractivity contribution >= 4 is 36.3 Å². The Morgan fingerprint density at radius 2 is 1.26 bits per heavy atom. The summed E-state index contributed by atoms with van der Waals surface area (Å²) in [6, 6.07) is 25.0. The molecule has 0 fully saturated rings. The molecule has 0 aromatic heterocycles. The molecule has 0 atom stereocenters. The van der Waals surface area contributed by atoms with Crippen LogP contribution in [0.4, 0.5) is 0 Å². The van der Waals surface area contributed by atoms with Crippen molar-refractivity contribution in [1.82, 2.24) is 0 Å². The Kier molecular flexibility index (Phi) is 13.7. The van der Waals surface area contributed by atoms with Gasteiger partial charge in [-0.25, -0.2) is 19.2 Å². The highest BCUT2D eigenvalue weighted by molar-refractivity contribution is 5.98. The van der Waals surface area contributed by atoms with Crippen molar-refractivity contribution in [2.75, 3.05) is 20.3 Å². The van der Waals surface area contributed by atoms with E-state index in [-0.39, 0.29) is 11.3 Å². The number of rotatable bonds is 16. The Balaban J connectivity index is 1.27. The minimum Gasteiger partial charge on any atom is -0.494 e. The van der Waals surface area contributed by atoms with Crippen LogP contribution in [0.3, 0.4) is 0 Å². The standard InChI is InChI=1S/C39H36N2O9/c1-4-27-8-13-30(14-9-27)38(44)50-35-21-12-29(24-34(35)39(45)46-3)26-41-40-25-28-10-17-33(18-11-28)49-37(43)31-15-19-32(20-16-31)47-22-6-7-23-48-36(42)5-2/h5,8-21,24-26H,2,4,6-7,22-23H2,1,3H3/b40-25+,41-26+. The van der Waals surface area contributed by atoms with Gasteiger partial charge in [0.15, 0.2) is 0 Å². The Morgan fingerprint density at radius 3 is 1.90 bits per heavy atom. The summed E-state index contributed by atoms with van der Waals surface area (Å²) in [5.74, 6) is -1.23. The maximum Gasteiger partial charge on any atom is 0.343 e. The fourth-order valence-corrected chi connectivity index (χ4v) is 4.32. The van der Waals surface area contributed by atoms with Gasteiger partial charge < -0.3 is 23.7 Å². The highest BCUT2D eigenvalue weighted by Crippen LogP contribution is 2.23. The smallest absolute Gasteiger partial charge is 0.343 e. The molecule has 0 aliphatic heterocycles. The first-order chi connectivity index (χ1) is 24.3. The molecule has 0 saturated heterocycles. The molecule has 0 aliphatic rings. The zero-order valence-electron chi connectivity index (χ0n) is 27.7. The van der Waals surface area contributed by atoms with Crippen molar-refractivity contribution in [1.29, 1.82) is 0 Å². The maximum absolute atomic E-state index is 12.7. The van der Waals surface area contributed by atoms with Crippen LogP contribution in [0.1, 0.15) is 67.5 Å². The lowest BCUT2D eigenvalue weighted by atomic mass is 10.1. The average Bonchev–Trinajstić information content (AvgIpc) is 3.15. The third kappa shape index (κ3) is 11.1. The molecular formula is C39H36N2O9. The van der Waals surface area contributed by atoms with Crippen LogP contribution in [0.2, 0.25) is 0 Å². The molecule has 0 saturated carbocycles. The molecule has 0 N–H and O–H groups in total. The number of ether oxygens (including phenoxy) is 5. The molecule has 4 rings (SSSR count). The van der Waals surface area contributed by atoms with E-state index in [0.717, 1.165) is 18.1 Å². The minimum atomic E-state index is -0.673. The van der Waals surface area contributed by atoms with Crippen molar-refractivity contribution < 1.29 is 42.9 Å². The largest absolute Gasteiger partial charge is 0.494 e. The molecule has 11 nitrogen and oxygen atoms in total. The van der Waals surface area contributed by atoms with Crippen LogP contribution in [-0.4, -0.2) is 56.6 Å². The first kappa shape index (κ1) is 36.5. The number of hydrogen-bond donors (Lipinski definition) is 0. The predicted molar refractivity (Wildman–Crippen MR) is 187 cm³/mol. The molecule has 11 heteroatoms. The molecule has 0 radical (unpaired) electrons. The van der Waals surface area contributed by atoms with Crippen molar-refractivity contribution in [3.05, 3.63) is 137 Å². The summed E-state index contributed by atoms with van der Waals surface area (Å²) < 4.78 is 26.4. The fraction of sp³-hybridized carbons (Fsp3) is 0.179. The second-order valence-electron chi connectivity index (χ2n) is 10.6. The molecule has 0 amide bonds. The number of unbranched alkanes of at least 4 members (excludes halogenated alkanes) is 1. The van der Waals surface area contributed by atoms with Gasteiger partial charge in [0, 0.05) is 6.08 Å². The van der Waals surface area contributed by atoms with E-state index in [4.69, 9.17) is 23.7 Å². The van der Waals surface area contributed by atoms with E-state index < -0.39 is 23.9 Å². The first-order valence-electron chi connectivity index (χ1n) is 15.7. The molecule has 4 aromatic carbocycles. The van der Waals surface area contributed by atoms with Crippen molar-refractivity contribution in [2.45, 2.75) is 26.2 Å². The van der Waals surface area contributed by atoms with E-state index in [2.05, 4.69) is 16.8 Å². The zero-order chi connectivity index (χ0) is 35.7. The summed E-state index contributed by atoms with van der Waals surface area (Å²) in [5.41, 5.74) is 3.09. The number of nitrogens with zero attached hydrogens (tertiary/aromatic N) is 2. The highest BCUT2D eigenvalue weighted by Gasteiger charge is 2.18. The number of carbonyl (C=O) groups excluding carboxylic acids is 4. The van der Waals surface area contributed by atoms with E-state index in [1.54, 1.807) is 66.7 Å². The summed E-state index contributed by atoms with van der Waals surface area (Å²) in [4.78, 5) is 48.7. The molecule has 0 unspecified atom stereocenters. The second kappa shape index (κ2) is 18.8. The van der Waals surface area contributed by atoms with E-state index >= 15 is 0 Å². The highest BCUT2D eigenvalue weighted by atomic mass is 16.5. The van der Waals surface area contributed by atoms with Gasteiger partial charge in [-0.05, 0) is 115 Å². The number of esters is 4. The Morgan fingerprint density at radius 1 is 0.680 bits per heavy atom. The molecule has 0 bridgehead atoms. The van der Waals surface area contributed by atoms with Crippen LogP contribution in [-0.2, 0) is 20.7 Å². The second-order valence-corrected chi connectivity index (χ2v) is 10.6. The molecule has 0 heterocycles. The summed E-state index contributed by atoms with van der Waals surface area (Å²) in [6.45, 7) is 6.10. The fourth-order valence-electron chi connectivity index (χ4n) is 4.32. The van der Waals surface area contributed by atoms with Crippen LogP contribution in [0.25, 0.3) is 0 Å². The molecule has 256 valence electrons. The molecule has 0 aliphatic carbocycles. The Labute approximate surface area is 289 Å². The van der Waals surface area contributed by atoms with Crippen LogP contribution < -0.4 is 14.2 Å². The van der Waals surface area contributed by atoms with Crippen LogP contribution in [0, 0.1) is 0 Å². The normalized spacial score (nSPS) is 10.8. The number of carbonyl (C=O) groups is 4. The number of hydrogen-bond acceptors (Lipinski definition) is 11. The zero-order valence-corrected chi connectivity index (χ0v) is 27.7. The van der Waals surface area contributed by atoms with Gasteiger partial charge in [-0.15, -0.1) is 0 Å². The van der Waals surface area contributed by atoms with Crippen molar-refractivity contribution in [2.24, 2.45) is 10.2 Å². The lowest BCUT2D eigenvalue weighted by molar-refractivity contribution is -0.137. The maximum atomic E-state index is 12.7. The minimum absolute atomic E-state index is 0.0582. The first-order valence-corrected chi connectivity index (χ1v) is 15.7. The van der Waals surface area contributed by atoms with Gasteiger partial charge in [-0.1, -0.05) is 25.6 Å². The third-order valence-electron chi connectivity index (χ3n) is 7.09. The number of benzene rings is 4. The van der Waals surface area contributed by atoms with Gasteiger partial charge in [0.2, 0.25) is 0 Å². The Hall–Kier alpha value is -6.36. The van der Waals surface area contributed by atoms with E-state index in [1.807, 2.05) is 19.1 Å². The predicted octanol–water partition coefficient (Wildman–Crippen LogP) is 6.82. The SMILES string of the molecule is C=CC(=O)OCCCCOc1ccc(C(=O)Oc2ccc(/C=N/N=C/c3ccc(OC(=O)c4ccc(CC)cc4)c(C(=O)OC)c3)cc2)cc1. The van der Waals surface area contributed by atoms with Gasteiger partial charge in [0.1, 0.15) is 22.8 Å². The summed E-state index contributed by atoms with van der Waals surface area (Å²) in [7, 11) is 1.24.